The molecule has 0 saturated heterocycles. The maximum Gasteiger partial charge on any atom is 0.338 e. The summed E-state index contributed by atoms with van der Waals surface area (Å²) in [5.41, 5.74) is 15.4. The second-order valence-electron chi connectivity index (χ2n) is 10.1. The Morgan fingerprint density at radius 3 is 2.33 bits per heavy atom. The summed E-state index contributed by atoms with van der Waals surface area (Å²) in [6.07, 6.45) is 12.2. The lowest BCUT2D eigenvalue weighted by Crippen LogP contribution is -2.28. The summed E-state index contributed by atoms with van der Waals surface area (Å²) in [6, 6.07) is 12.5. The van der Waals surface area contributed by atoms with Gasteiger partial charge in [-0.3, -0.25) is 0 Å². The van der Waals surface area contributed by atoms with E-state index in [1.807, 2.05) is 18.2 Å². The van der Waals surface area contributed by atoms with Crippen LogP contribution in [0.1, 0.15) is 85.7 Å². The third-order valence-corrected chi connectivity index (χ3v) is 6.93. The van der Waals surface area contributed by atoms with Crippen LogP contribution < -0.4 is 11.5 Å². The molecule has 7 nitrogen and oxygen atoms in total. The number of carbonyl (C=O) groups is 2. The lowest BCUT2D eigenvalue weighted by atomic mass is 9.93. The van der Waals surface area contributed by atoms with Crippen LogP contribution in [0, 0.1) is 0 Å². The molecule has 2 aromatic carbocycles. The van der Waals surface area contributed by atoms with E-state index in [-0.39, 0.29) is 30.7 Å². The van der Waals surface area contributed by atoms with Gasteiger partial charge in [0, 0.05) is 23.4 Å². The molecule has 0 radical (unpaired) electrons. The van der Waals surface area contributed by atoms with Gasteiger partial charge in [0.05, 0.1) is 24.9 Å². The summed E-state index contributed by atoms with van der Waals surface area (Å²) < 4.78 is 17.1. The maximum atomic E-state index is 12.6. The summed E-state index contributed by atoms with van der Waals surface area (Å²) in [5, 5.41) is 0. The molecule has 0 amide bonds. The average molecular weight is 535 g/mol. The van der Waals surface area contributed by atoms with Crippen molar-refractivity contribution in [3.63, 3.8) is 0 Å². The third kappa shape index (κ3) is 10.2. The first-order chi connectivity index (χ1) is 18.9. The van der Waals surface area contributed by atoms with Gasteiger partial charge >= 0.3 is 11.9 Å². The standard InChI is InChI=1S/C32H42N2O5/c1-3-5-7-25(26-19-27(33)21-28(34)20-26)22-38-31(35)17-10-23-8-11-24(12-9-23)32(36)39-30-15-13-29(14-16-30)37-18-6-4-2/h4,8-12,17,19-21,25,29-30H,2-3,5-7,13-16,18,22,33-34H2,1H3. The number of esters is 2. The molecule has 0 bridgehead atoms. The van der Waals surface area contributed by atoms with Crippen LogP contribution in [0.3, 0.4) is 0 Å². The van der Waals surface area contributed by atoms with Gasteiger partial charge in [-0.1, -0.05) is 38.0 Å². The normalized spacial score (nSPS) is 18.0. The Kier molecular flexibility index (Phi) is 12.1. The molecule has 39 heavy (non-hydrogen) atoms. The monoisotopic (exact) mass is 534 g/mol. The number of nitrogens with two attached hydrogens (primary N) is 2. The topological polar surface area (TPSA) is 114 Å². The minimum Gasteiger partial charge on any atom is -0.462 e. The van der Waals surface area contributed by atoms with Gasteiger partial charge in [-0.25, -0.2) is 9.59 Å². The number of benzene rings is 2. The van der Waals surface area contributed by atoms with E-state index in [1.165, 1.54) is 6.08 Å². The Morgan fingerprint density at radius 2 is 1.69 bits per heavy atom. The van der Waals surface area contributed by atoms with E-state index >= 15 is 0 Å². The molecule has 0 aliphatic heterocycles. The minimum absolute atomic E-state index is 0.0261. The summed E-state index contributed by atoms with van der Waals surface area (Å²) in [6.45, 7) is 6.77. The Hall–Kier alpha value is -3.58. The molecular formula is C32H42N2O5. The fourth-order valence-electron chi connectivity index (χ4n) is 4.71. The molecule has 2 aromatic rings. The summed E-state index contributed by atoms with van der Waals surface area (Å²) in [5.74, 6) is -0.736. The smallest absolute Gasteiger partial charge is 0.338 e. The highest BCUT2D eigenvalue weighted by Gasteiger charge is 2.24. The van der Waals surface area contributed by atoms with Crippen molar-refractivity contribution in [3.8, 4) is 0 Å². The van der Waals surface area contributed by atoms with Crippen molar-refractivity contribution in [3.05, 3.63) is 77.9 Å². The van der Waals surface area contributed by atoms with Crippen LogP contribution in [-0.2, 0) is 19.0 Å². The van der Waals surface area contributed by atoms with Crippen LogP contribution in [0.15, 0.2) is 61.2 Å². The average Bonchev–Trinajstić information content (AvgIpc) is 2.92. The number of carbonyl (C=O) groups excluding carboxylic acids is 2. The maximum absolute atomic E-state index is 12.6. The van der Waals surface area contributed by atoms with Crippen LogP contribution in [0.25, 0.3) is 6.08 Å². The van der Waals surface area contributed by atoms with Crippen molar-refractivity contribution in [1.82, 2.24) is 0 Å². The zero-order valence-corrected chi connectivity index (χ0v) is 23.0. The number of hydrogen-bond donors (Lipinski definition) is 2. The van der Waals surface area contributed by atoms with Crippen molar-refractivity contribution in [2.75, 3.05) is 24.7 Å². The lowest BCUT2D eigenvalue weighted by molar-refractivity contribution is -0.138. The molecule has 1 saturated carbocycles. The van der Waals surface area contributed by atoms with Crippen LogP contribution in [0.5, 0.6) is 0 Å². The molecule has 0 spiro atoms. The largest absolute Gasteiger partial charge is 0.462 e. The Bertz CT molecular complexity index is 1080. The molecule has 7 heteroatoms. The molecule has 4 N–H and O–H groups in total. The minimum atomic E-state index is -0.430. The van der Waals surface area contributed by atoms with Crippen LogP contribution in [-0.4, -0.2) is 37.4 Å². The van der Waals surface area contributed by atoms with Crippen molar-refractivity contribution < 1.29 is 23.8 Å². The predicted octanol–water partition coefficient (Wildman–Crippen LogP) is 6.44. The first kappa shape index (κ1) is 30.0. The van der Waals surface area contributed by atoms with Gasteiger partial charge < -0.3 is 25.7 Å². The molecule has 3 rings (SSSR count). The van der Waals surface area contributed by atoms with Crippen LogP contribution in [0.2, 0.25) is 0 Å². The van der Waals surface area contributed by atoms with Crippen molar-refractivity contribution >= 4 is 29.4 Å². The number of hydrogen-bond acceptors (Lipinski definition) is 7. The Labute approximate surface area is 232 Å². The number of unbranched alkanes of at least 4 members (excludes halogenated alkanes) is 1. The van der Waals surface area contributed by atoms with Gasteiger partial charge in [0.1, 0.15) is 6.10 Å². The number of nitrogen functional groups attached to an aromatic ring is 2. The zero-order valence-electron chi connectivity index (χ0n) is 23.0. The van der Waals surface area contributed by atoms with E-state index in [2.05, 4.69) is 13.5 Å². The first-order valence-electron chi connectivity index (χ1n) is 13.9. The van der Waals surface area contributed by atoms with Gasteiger partial charge in [0.15, 0.2) is 0 Å². The quantitative estimate of drug-likeness (QED) is 0.0942. The van der Waals surface area contributed by atoms with Gasteiger partial charge in [-0.2, -0.15) is 0 Å². The predicted molar refractivity (Wildman–Crippen MR) is 156 cm³/mol. The van der Waals surface area contributed by atoms with Crippen LogP contribution >= 0.6 is 0 Å². The van der Waals surface area contributed by atoms with Crippen molar-refractivity contribution in [2.24, 2.45) is 0 Å². The van der Waals surface area contributed by atoms with E-state index in [4.69, 9.17) is 25.7 Å². The molecule has 1 fully saturated rings. The lowest BCUT2D eigenvalue weighted by Gasteiger charge is -2.28. The summed E-state index contributed by atoms with van der Waals surface area (Å²) >= 11 is 0. The molecule has 0 heterocycles. The van der Waals surface area contributed by atoms with Crippen LogP contribution in [0.4, 0.5) is 11.4 Å². The zero-order chi connectivity index (χ0) is 28.0. The fraction of sp³-hybridized carbons (Fsp3) is 0.438. The van der Waals surface area contributed by atoms with E-state index in [1.54, 1.807) is 36.4 Å². The first-order valence-corrected chi connectivity index (χ1v) is 13.9. The highest BCUT2D eigenvalue weighted by atomic mass is 16.5. The second kappa shape index (κ2) is 15.7. The van der Waals surface area contributed by atoms with Crippen molar-refractivity contribution in [2.45, 2.75) is 76.4 Å². The number of rotatable bonds is 14. The molecule has 1 aliphatic carbocycles. The summed E-state index contributed by atoms with van der Waals surface area (Å²) in [7, 11) is 0. The number of anilines is 2. The van der Waals surface area contributed by atoms with E-state index in [0.717, 1.165) is 62.5 Å². The number of ether oxygens (including phenoxy) is 3. The third-order valence-electron chi connectivity index (χ3n) is 6.93. The van der Waals surface area contributed by atoms with E-state index in [0.29, 0.717) is 23.5 Å². The van der Waals surface area contributed by atoms with E-state index in [9.17, 15) is 9.59 Å². The van der Waals surface area contributed by atoms with E-state index < -0.39 is 5.97 Å². The SMILES string of the molecule is C=CCCOC1CCC(OC(=O)c2ccc(C=CC(=O)OCC(CCCC)c3cc(N)cc(N)c3)cc2)CC1. The molecule has 1 aliphatic rings. The fourth-order valence-corrected chi connectivity index (χ4v) is 4.71. The van der Waals surface area contributed by atoms with Crippen molar-refractivity contribution in [1.29, 1.82) is 0 Å². The second-order valence-corrected chi connectivity index (χ2v) is 10.1. The van der Waals surface area contributed by atoms with Gasteiger partial charge in [-0.15, -0.1) is 6.58 Å². The molecule has 0 aromatic heterocycles. The summed E-state index contributed by atoms with van der Waals surface area (Å²) in [4.78, 5) is 25.0. The molecule has 1 atom stereocenters. The Balaban J connectivity index is 1.46. The van der Waals surface area contributed by atoms with Gasteiger partial charge in [0.2, 0.25) is 0 Å². The molecule has 210 valence electrons. The van der Waals surface area contributed by atoms with Gasteiger partial charge in [-0.05, 0) is 86.1 Å². The molecular weight excluding hydrogens is 492 g/mol. The molecule has 1 unspecified atom stereocenters. The van der Waals surface area contributed by atoms with Gasteiger partial charge in [0.25, 0.3) is 0 Å². The highest BCUT2D eigenvalue weighted by molar-refractivity contribution is 5.90. The highest BCUT2D eigenvalue weighted by Crippen LogP contribution is 2.27. The Morgan fingerprint density at radius 1 is 1.03 bits per heavy atom.